The molecule has 0 radical (unpaired) electrons. The lowest BCUT2D eigenvalue weighted by atomic mass is 10.1. The van der Waals surface area contributed by atoms with Crippen LogP contribution >= 0.6 is 12.4 Å². The topological polar surface area (TPSA) is 76.1 Å². The Morgan fingerprint density at radius 1 is 1.42 bits per heavy atom. The molecule has 1 aliphatic heterocycles. The smallest absolute Gasteiger partial charge is 0.226 e. The van der Waals surface area contributed by atoms with Gasteiger partial charge in [-0.05, 0) is 25.1 Å². The highest BCUT2D eigenvalue weighted by molar-refractivity contribution is 5.91. The van der Waals surface area contributed by atoms with Crippen LogP contribution in [-0.4, -0.2) is 41.7 Å². The zero-order valence-corrected chi connectivity index (χ0v) is 14.3. The first-order valence-electron chi connectivity index (χ1n) is 7.72. The van der Waals surface area contributed by atoms with Crippen LogP contribution in [0.2, 0.25) is 0 Å². The predicted molar refractivity (Wildman–Crippen MR) is 95.3 cm³/mol. The number of benzene rings is 1. The number of carbonyl (C=O) groups is 1. The van der Waals surface area contributed by atoms with Gasteiger partial charge in [-0.2, -0.15) is 0 Å². The highest BCUT2D eigenvalue weighted by Gasteiger charge is 2.17. The quantitative estimate of drug-likeness (QED) is 0.885. The fourth-order valence-corrected chi connectivity index (χ4v) is 2.56. The Morgan fingerprint density at radius 3 is 3.04 bits per heavy atom. The molecule has 2 N–H and O–H groups in total. The summed E-state index contributed by atoms with van der Waals surface area (Å²) in [5, 5.41) is 6.21. The maximum absolute atomic E-state index is 12.2. The fraction of sp³-hybridized carbons (Fsp3) is 0.353. The Kier molecular flexibility index (Phi) is 6.66. The summed E-state index contributed by atoms with van der Waals surface area (Å²) in [7, 11) is 0. The van der Waals surface area contributed by atoms with Crippen LogP contribution in [-0.2, 0) is 9.53 Å². The average molecular weight is 349 g/mol. The number of nitrogens with one attached hydrogen (secondary N) is 2. The molecule has 2 heterocycles. The van der Waals surface area contributed by atoms with Gasteiger partial charge in [-0.25, -0.2) is 9.97 Å². The van der Waals surface area contributed by atoms with E-state index in [9.17, 15) is 4.79 Å². The summed E-state index contributed by atoms with van der Waals surface area (Å²) in [6.07, 6.45) is 2.13. The second-order valence-electron chi connectivity index (χ2n) is 5.55. The molecule has 0 bridgehead atoms. The number of halogens is 1. The lowest BCUT2D eigenvalue weighted by molar-refractivity contribution is -0.117. The molecule has 24 heavy (non-hydrogen) atoms. The molecule has 2 aromatic rings. The standard InChI is InChI=1S/C17H20N4O2.ClH/c1-12-18-6-5-16(20-12)13-3-2-4-14(9-13)21-17(22)10-15-11-23-8-7-19-15;/h2-6,9,15,19H,7-8,10-11H2,1H3,(H,21,22);1H. The second kappa shape index (κ2) is 8.73. The molecule has 1 unspecified atom stereocenters. The number of carbonyl (C=O) groups excluding carboxylic acids is 1. The maximum Gasteiger partial charge on any atom is 0.226 e. The van der Waals surface area contributed by atoms with E-state index in [1.54, 1.807) is 6.20 Å². The molecule has 128 valence electrons. The third kappa shape index (κ3) is 4.99. The number of anilines is 1. The number of nitrogens with zero attached hydrogens (tertiary/aromatic N) is 2. The summed E-state index contributed by atoms with van der Waals surface area (Å²) in [6.45, 7) is 3.93. The minimum atomic E-state index is -0.0241. The van der Waals surface area contributed by atoms with Crippen LogP contribution in [0, 0.1) is 6.92 Å². The number of hydrogen-bond acceptors (Lipinski definition) is 5. The van der Waals surface area contributed by atoms with E-state index in [2.05, 4.69) is 20.6 Å². The van der Waals surface area contributed by atoms with Crippen molar-refractivity contribution >= 4 is 24.0 Å². The average Bonchev–Trinajstić information content (AvgIpc) is 2.56. The molecule has 1 fully saturated rings. The Hall–Kier alpha value is -2.02. The summed E-state index contributed by atoms with van der Waals surface area (Å²) in [5.41, 5.74) is 2.56. The molecular formula is C17H21ClN4O2. The lowest BCUT2D eigenvalue weighted by Crippen LogP contribution is -2.43. The molecular weight excluding hydrogens is 328 g/mol. The van der Waals surface area contributed by atoms with Crippen molar-refractivity contribution in [2.45, 2.75) is 19.4 Å². The lowest BCUT2D eigenvalue weighted by Gasteiger charge is -2.23. The monoisotopic (exact) mass is 348 g/mol. The van der Waals surface area contributed by atoms with Gasteiger partial charge < -0.3 is 15.4 Å². The van der Waals surface area contributed by atoms with Crippen LogP contribution < -0.4 is 10.6 Å². The molecule has 1 aliphatic rings. The third-order valence-corrected chi connectivity index (χ3v) is 3.65. The minimum Gasteiger partial charge on any atom is -0.378 e. The zero-order valence-electron chi connectivity index (χ0n) is 13.5. The Bertz CT molecular complexity index is 690. The number of aromatic nitrogens is 2. The molecule has 7 heteroatoms. The normalized spacial score (nSPS) is 17.0. The van der Waals surface area contributed by atoms with Crippen molar-refractivity contribution in [2.24, 2.45) is 0 Å². The molecule has 0 aliphatic carbocycles. The van der Waals surface area contributed by atoms with Crippen LogP contribution in [0.1, 0.15) is 12.2 Å². The van der Waals surface area contributed by atoms with E-state index in [-0.39, 0.29) is 24.4 Å². The van der Waals surface area contributed by atoms with E-state index in [0.29, 0.717) is 19.6 Å². The van der Waals surface area contributed by atoms with Gasteiger partial charge in [-0.3, -0.25) is 4.79 Å². The van der Waals surface area contributed by atoms with Crippen LogP contribution in [0.5, 0.6) is 0 Å². The van der Waals surface area contributed by atoms with Gasteiger partial charge in [0.25, 0.3) is 0 Å². The van der Waals surface area contributed by atoms with E-state index in [1.165, 1.54) is 0 Å². The Morgan fingerprint density at radius 2 is 2.29 bits per heavy atom. The molecule has 1 aromatic carbocycles. The van der Waals surface area contributed by atoms with E-state index >= 15 is 0 Å². The van der Waals surface area contributed by atoms with Crippen LogP contribution in [0.3, 0.4) is 0 Å². The first-order chi connectivity index (χ1) is 11.2. The number of hydrogen-bond donors (Lipinski definition) is 2. The van der Waals surface area contributed by atoms with Gasteiger partial charge in [-0.1, -0.05) is 12.1 Å². The van der Waals surface area contributed by atoms with Gasteiger partial charge in [-0.15, -0.1) is 12.4 Å². The second-order valence-corrected chi connectivity index (χ2v) is 5.55. The van der Waals surface area contributed by atoms with Crippen LogP contribution in [0.15, 0.2) is 36.5 Å². The van der Waals surface area contributed by atoms with Crippen molar-refractivity contribution < 1.29 is 9.53 Å². The van der Waals surface area contributed by atoms with Gasteiger partial charge >= 0.3 is 0 Å². The first kappa shape index (κ1) is 18.3. The zero-order chi connectivity index (χ0) is 16.1. The Labute approximate surface area is 147 Å². The molecule has 1 aromatic heterocycles. The minimum absolute atomic E-state index is 0. The van der Waals surface area contributed by atoms with E-state index < -0.39 is 0 Å². The third-order valence-electron chi connectivity index (χ3n) is 3.65. The van der Waals surface area contributed by atoms with Crippen molar-refractivity contribution in [3.05, 3.63) is 42.4 Å². The summed E-state index contributed by atoms with van der Waals surface area (Å²) in [5.74, 6) is 0.698. The van der Waals surface area contributed by atoms with Gasteiger partial charge in [0.05, 0.1) is 18.9 Å². The van der Waals surface area contributed by atoms with E-state index in [1.807, 2.05) is 37.3 Å². The number of aryl methyl sites for hydroxylation is 1. The number of amides is 1. The van der Waals surface area contributed by atoms with Gasteiger partial charge in [0.2, 0.25) is 5.91 Å². The van der Waals surface area contributed by atoms with Crippen LogP contribution in [0.25, 0.3) is 11.3 Å². The van der Waals surface area contributed by atoms with Crippen LogP contribution in [0.4, 0.5) is 5.69 Å². The molecule has 6 nitrogen and oxygen atoms in total. The summed E-state index contributed by atoms with van der Waals surface area (Å²) < 4.78 is 5.36. The highest BCUT2D eigenvalue weighted by Crippen LogP contribution is 2.20. The largest absolute Gasteiger partial charge is 0.378 e. The number of rotatable bonds is 4. The predicted octanol–water partition coefficient (Wildman–Crippen LogP) is 2.19. The highest BCUT2D eigenvalue weighted by atomic mass is 35.5. The summed E-state index contributed by atoms with van der Waals surface area (Å²) in [4.78, 5) is 20.7. The molecule has 0 spiro atoms. The van der Waals surface area contributed by atoms with Crippen molar-refractivity contribution in [1.29, 1.82) is 0 Å². The van der Waals surface area contributed by atoms with Gasteiger partial charge in [0, 0.05) is 36.5 Å². The maximum atomic E-state index is 12.2. The Balaban J connectivity index is 0.00000208. The summed E-state index contributed by atoms with van der Waals surface area (Å²) >= 11 is 0. The van der Waals surface area contributed by atoms with Crippen molar-refractivity contribution in [1.82, 2.24) is 15.3 Å². The molecule has 1 atom stereocenters. The first-order valence-corrected chi connectivity index (χ1v) is 7.72. The molecule has 0 saturated carbocycles. The van der Waals surface area contributed by atoms with Gasteiger partial charge in [0.1, 0.15) is 5.82 Å². The van der Waals surface area contributed by atoms with Crippen molar-refractivity contribution in [2.75, 3.05) is 25.1 Å². The van der Waals surface area contributed by atoms with Crippen molar-refractivity contribution in [3.8, 4) is 11.3 Å². The molecule has 3 rings (SSSR count). The fourth-order valence-electron chi connectivity index (χ4n) is 2.56. The molecule has 1 amide bonds. The van der Waals surface area contributed by atoms with E-state index in [0.717, 1.165) is 29.3 Å². The molecule has 1 saturated heterocycles. The van der Waals surface area contributed by atoms with E-state index in [4.69, 9.17) is 4.74 Å². The van der Waals surface area contributed by atoms with Gasteiger partial charge in [0.15, 0.2) is 0 Å². The summed E-state index contributed by atoms with van der Waals surface area (Å²) in [6, 6.07) is 9.61. The SMILES string of the molecule is Cc1nccc(-c2cccc(NC(=O)CC3COCCN3)c2)n1.Cl. The van der Waals surface area contributed by atoms with Crippen molar-refractivity contribution in [3.63, 3.8) is 0 Å². The number of ether oxygens (including phenoxy) is 1. The number of morpholine rings is 1.